The number of carbonyl (C=O) groups is 2. The molecule has 0 unspecified atom stereocenters. The zero-order valence-corrected chi connectivity index (χ0v) is 18.6. The van der Waals surface area contributed by atoms with Gasteiger partial charge in [-0.15, -0.1) is 0 Å². The quantitative estimate of drug-likeness (QED) is 0.274. The lowest BCUT2D eigenvalue weighted by Gasteiger charge is -2.12. The number of benzene rings is 3. The van der Waals surface area contributed by atoms with Gasteiger partial charge in [0.2, 0.25) is 5.95 Å². The number of aromatic nitrogens is 2. The molecule has 0 radical (unpaired) electrons. The molecule has 0 atom stereocenters. The first-order valence-corrected chi connectivity index (χ1v) is 11.1. The van der Waals surface area contributed by atoms with Crippen LogP contribution < -0.4 is 21.3 Å². The molecule has 8 nitrogen and oxygen atoms in total. The zero-order chi connectivity index (χ0) is 23.6. The van der Waals surface area contributed by atoms with E-state index < -0.39 is 0 Å². The summed E-state index contributed by atoms with van der Waals surface area (Å²) in [6, 6.07) is 25.9. The Balaban J connectivity index is 1.32. The summed E-state index contributed by atoms with van der Waals surface area (Å²) >= 11 is 0. The standard InChI is InChI=1S/C26H26N6O2/c33-24(19-9-3-1-4-10-19)28-16-15-27-23-21-13-7-8-14-22(21)31-26(32-23)30-18-17-29-25(34)20-11-5-2-6-12-20/h1-14H,15-18H2,(H,28,33)(H,29,34)(H2,27,30,31,32). The topological polar surface area (TPSA) is 108 Å². The number of hydrogen-bond acceptors (Lipinski definition) is 6. The second kappa shape index (κ2) is 11.4. The number of hydrogen-bond donors (Lipinski definition) is 4. The highest BCUT2D eigenvalue weighted by Gasteiger charge is 2.09. The van der Waals surface area contributed by atoms with Crippen molar-refractivity contribution in [1.29, 1.82) is 0 Å². The van der Waals surface area contributed by atoms with E-state index in [1.807, 2.05) is 60.7 Å². The molecule has 2 amide bonds. The number of nitrogens with zero attached hydrogens (tertiary/aromatic N) is 2. The van der Waals surface area contributed by atoms with E-state index in [4.69, 9.17) is 0 Å². The minimum absolute atomic E-state index is 0.116. The Labute approximate surface area is 197 Å². The van der Waals surface area contributed by atoms with Gasteiger partial charge in [-0.05, 0) is 36.4 Å². The first kappa shape index (κ1) is 22.7. The highest BCUT2D eigenvalue weighted by atomic mass is 16.2. The summed E-state index contributed by atoms with van der Waals surface area (Å²) in [4.78, 5) is 33.5. The monoisotopic (exact) mass is 454 g/mol. The van der Waals surface area contributed by atoms with Crippen LogP contribution in [0.1, 0.15) is 20.7 Å². The Morgan fingerprint density at radius 1 is 0.588 bits per heavy atom. The number of nitrogens with one attached hydrogen (secondary N) is 4. The summed E-state index contributed by atoms with van der Waals surface area (Å²) < 4.78 is 0. The van der Waals surface area contributed by atoms with Gasteiger partial charge in [0.15, 0.2) is 0 Å². The highest BCUT2D eigenvalue weighted by Crippen LogP contribution is 2.21. The molecule has 4 aromatic rings. The molecule has 8 heteroatoms. The fourth-order valence-corrected chi connectivity index (χ4v) is 3.38. The van der Waals surface area contributed by atoms with Crippen LogP contribution in [-0.4, -0.2) is 48.0 Å². The summed E-state index contributed by atoms with van der Waals surface area (Å²) in [5, 5.41) is 13.1. The predicted molar refractivity (Wildman–Crippen MR) is 134 cm³/mol. The fourth-order valence-electron chi connectivity index (χ4n) is 3.38. The van der Waals surface area contributed by atoms with E-state index in [0.717, 1.165) is 10.9 Å². The predicted octanol–water partition coefficient (Wildman–Crippen LogP) is 3.31. The van der Waals surface area contributed by atoms with Crippen LogP contribution in [0.3, 0.4) is 0 Å². The number of anilines is 2. The van der Waals surface area contributed by atoms with Crippen LogP contribution in [0.5, 0.6) is 0 Å². The highest BCUT2D eigenvalue weighted by molar-refractivity contribution is 5.94. The summed E-state index contributed by atoms with van der Waals surface area (Å²) in [6.07, 6.45) is 0. The maximum Gasteiger partial charge on any atom is 0.251 e. The minimum Gasteiger partial charge on any atom is -0.368 e. The van der Waals surface area contributed by atoms with Crippen molar-refractivity contribution in [2.24, 2.45) is 0 Å². The van der Waals surface area contributed by atoms with E-state index >= 15 is 0 Å². The number of para-hydroxylation sites is 1. The van der Waals surface area contributed by atoms with Crippen molar-refractivity contribution in [3.8, 4) is 0 Å². The molecule has 1 heterocycles. The number of rotatable bonds is 10. The molecule has 0 fully saturated rings. The third-order valence-electron chi connectivity index (χ3n) is 5.07. The second-order valence-corrected chi connectivity index (χ2v) is 7.51. The molecular weight excluding hydrogens is 428 g/mol. The number of fused-ring (bicyclic) bond motifs is 1. The molecule has 3 aromatic carbocycles. The Kier molecular flexibility index (Phi) is 7.63. The summed E-state index contributed by atoms with van der Waals surface area (Å²) in [7, 11) is 0. The van der Waals surface area contributed by atoms with E-state index in [-0.39, 0.29) is 11.8 Å². The first-order chi connectivity index (χ1) is 16.7. The molecule has 0 saturated carbocycles. The van der Waals surface area contributed by atoms with Gasteiger partial charge in [-0.2, -0.15) is 4.98 Å². The van der Waals surface area contributed by atoms with Crippen LogP contribution in [-0.2, 0) is 0 Å². The third kappa shape index (κ3) is 6.07. The number of amides is 2. The zero-order valence-electron chi connectivity index (χ0n) is 18.6. The van der Waals surface area contributed by atoms with Crippen LogP contribution in [0.15, 0.2) is 84.9 Å². The normalized spacial score (nSPS) is 10.5. The van der Waals surface area contributed by atoms with Gasteiger partial charge in [-0.1, -0.05) is 48.5 Å². The Morgan fingerprint density at radius 2 is 1.12 bits per heavy atom. The second-order valence-electron chi connectivity index (χ2n) is 7.51. The molecule has 0 spiro atoms. The molecule has 172 valence electrons. The molecular formula is C26H26N6O2. The lowest BCUT2D eigenvalue weighted by Crippen LogP contribution is -2.29. The molecule has 0 aliphatic carbocycles. The lowest BCUT2D eigenvalue weighted by atomic mass is 10.2. The van der Waals surface area contributed by atoms with Gasteiger partial charge in [0.1, 0.15) is 5.82 Å². The molecule has 4 N–H and O–H groups in total. The maximum atomic E-state index is 12.2. The largest absolute Gasteiger partial charge is 0.368 e. The van der Waals surface area contributed by atoms with E-state index in [0.29, 0.717) is 49.1 Å². The van der Waals surface area contributed by atoms with Crippen LogP contribution >= 0.6 is 0 Å². The number of carbonyl (C=O) groups excluding carboxylic acids is 2. The summed E-state index contributed by atoms with van der Waals surface area (Å²) in [6.45, 7) is 1.86. The molecule has 0 aliphatic heterocycles. The Morgan fingerprint density at radius 3 is 1.74 bits per heavy atom. The van der Waals surface area contributed by atoms with E-state index in [2.05, 4.69) is 31.2 Å². The Hall–Kier alpha value is -4.46. The van der Waals surface area contributed by atoms with Crippen LogP contribution in [0, 0.1) is 0 Å². The molecule has 0 saturated heterocycles. The van der Waals surface area contributed by atoms with Crippen LogP contribution in [0.4, 0.5) is 11.8 Å². The van der Waals surface area contributed by atoms with E-state index in [1.54, 1.807) is 24.3 Å². The van der Waals surface area contributed by atoms with Crippen molar-refractivity contribution < 1.29 is 9.59 Å². The molecule has 4 rings (SSSR count). The summed E-state index contributed by atoms with van der Waals surface area (Å²) in [5.74, 6) is 0.899. The van der Waals surface area contributed by atoms with Crippen molar-refractivity contribution in [2.45, 2.75) is 0 Å². The van der Waals surface area contributed by atoms with Crippen molar-refractivity contribution in [1.82, 2.24) is 20.6 Å². The van der Waals surface area contributed by atoms with Gasteiger partial charge in [-0.25, -0.2) is 4.98 Å². The molecule has 1 aromatic heterocycles. The van der Waals surface area contributed by atoms with Gasteiger partial charge in [-0.3, -0.25) is 9.59 Å². The average molecular weight is 455 g/mol. The molecule has 0 bridgehead atoms. The van der Waals surface area contributed by atoms with Crippen molar-refractivity contribution in [3.63, 3.8) is 0 Å². The molecule has 34 heavy (non-hydrogen) atoms. The van der Waals surface area contributed by atoms with Gasteiger partial charge in [0.05, 0.1) is 5.52 Å². The van der Waals surface area contributed by atoms with E-state index in [1.165, 1.54) is 0 Å². The first-order valence-electron chi connectivity index (χ1n) is 11.1. The van der Waals surface area contributed by atoms with Gasteiger partial charge >= 0.3 is 0 Å². The summed E-state index contributed by atoms with van der Waals surface area (Å²) in [5.41, 5.74) is 2.04. The van der Waals surface area contributed by atoms with Crippen molar-refractivity contribution >= 4 is 34.5 Å². The average Bonchev–Trinajstić information content (AvgIpc) is 2.89. The van der Waals surface area contributed by atoms with Crippen LogP contribution in [0.25, 0.3) is 10.9 Å². The fraction of sp³-hybridized carbons (Fsp3) is 0.154. The van der Waals surface area contributed by atoms with Crippen molar-refractivity contribution in [2.75, 3.05) is 36.8 Å². The van der Waals surface area contributed by atoms with E-state index in [9.17, 15) is 9.59 Å². The van der Waals surface area contributed by atoms with Crippen LogP contribution in [0.2, 0.25) is 0 Å². The maximum absolute atomic E-state index is 12.2. The lowest BCUT2D eigenvalue weighted by molar-refractivity contribution is 0.0947. The minimum atomic E-state index is -0.123. The van der Waals surface area contributed by atoms with Gasteiger partial charge in [0.25, 0.3) is 11.8 Å². The third-order valence-corrected chi connectivity index (χ3v) is 5.07. The Bertz CT molecular complexity index is 1250. The smallest absolute Gasteiger partial charge is 0.251 e. The molecule has 0 aliphatic rings. The van der Waals surface area contributed by atoms with Gasteiger partial charge < -0.3 is 21.3 Å². The SMILES string of the molecule is O=C(NCCNc1nc(NCCNC(=O)c2ccccc2)c2ccccc2n1)c1ccccc1. The van der Waals surface area contributed by atoms with Crippen molar-refractivity contribution in [3.05, 3.63) is 96.1 Å². The van der Waals surface area contributed by atoms with Gasteiger partial charge in [0, 0.05) is 42.7 Å².